The summed E-state index contributed by atoms with van der Waals surface area (Å²) >= 11 is 0. The lowest BCUT2D eigenvalue weighted by molar-refractivity contribution is -0.0170. The molecule has 0 spiro atoms. The summed E-state index contributed by atoms with van der Waals surface area (Å²) in [6, 6.07) is 8.04. The molecule has 1 aromatic carbocycles. The second-order valence-electron chi connectivity index (χ2n) is 6.43. The Hall–Kier alpha value is -2.64. The smallest absolute Gasteiger partial charge is 0.126 e. The molecule has 26 heavy (non-hydrogen) atoms. The van der Waals surface area contributed by atoms with Gasteiger partial charge in [-0.25, -0.2) is 9.97 Å². The molecule has 0 bridgehead atoms. The van der Waals surface area contributed by atoms with Crippen molar-refractivity contribution in [1.29, 1.82) is 0 Å². The number of methoxy groups -OCH3 is 1. The largest absolute Gasteiger partial charge is 0.497 e. The molecule has 7 nitrogen and oxygen atoms in total. The van der Waals surface area contributed by atoms with Crippen molar-refractivity contribution in [2.24, 2.45) is 7.05 Å². The van der Waals surface area contributed by atoms with Gasteiger partial charge in [0.25, 0.3) is 0 Å². The van der Waals surface area contributed by atoms with Gasteiger partial charge in [0.1, 0.15) is 17.4 Å². The second kappa shape index (κ2) is 7.31. The number of ether oxygens (including phenoxy) is 2. The van der Waals surface area contributed by atoms with E-state index in [4.69, 9.17) is 9.47 Å². The highest BCUT2D eigenvalue weighted by Gasteiger charge is 2.28. The van der Waals surface area contributed by atoms with Crippen LogP contribution in [0, 0.1) is 0 Å². The van der Waals surface area contributed by atoms with Crippen LogP contribution in [0.1, 0.15) is 17.7 Å². The van der Waals surface area contributed by atoms with E-state index in [0.29, 0.717) is 6.61 Å². The van der Waals surface area contributed by atoms with Gasteiger partial charge in [0.2, 0.25) is 0 Å². The van der Waals surface area contributed by atoms with Gasteiger partial charge in [-0.15, -0.1) is 0 Å². The molecule has 1 aliphatic heterocycles. The molecule has 136 valence electrons. The number of H-pyrrole nitrogens is 1. The van der Waals surface area contributed by atoms with Gasteiger partial charge in [-0.2, -0.15) is 0 Å². The minimum Gasteiger partial charge on any atom is -0.497 e. The molecule has 0 radical (unpaired) electrons. The molecule has 7 heteroatoms. The van der Waals surface area contributed by atoms with Gasteiger partial charge in [-0.05, 0) is 12.1 Å². The maximum Gasteiger partial charge on any atom is 0.126 e. The summed E-state index contributed by atoms with van der Waals surface area (Å²) in [4.78, 5) is 14.9. The molecule has 0 amide bonds. The van der Waals surface area contributed by atoms with Crippen molar-refractivity contribution in [1.82, 2.24) is 24.4 Å². The molecule has 0 aliphatic carbocycles. The summed E-state index contributed by atoms with van der Waals surface area (Å²) in [7, 11) is 3.69. The summed E-state index contributed by atoms with van der Waals surface area (Å²) in [5.74, 6) is 2.78. The molecule has 1 atom stereocenters. The van der Waals surface area contributed by atoms with E-state index in [1.165, 1.54) is 0 Å². The molecule has 1 aliphatic rings. The number of aromatic nitrogens is 4. The predicted octanol–water partition coefficient (Wildman–Crippen LogP) is 2.39. The number of aromatic amines is 1. The van der Waals surface area contributed by atoms with Crippen LogP contribution in [0.3, 0.4) is 0 Å². The maximum atomic E-state index is 5.72. The molecule has 1 N–H and O–H groups in total. The van der Waals surface area contributed by atoms with E-state index >= 15 is 0 Å². The van der Waals surface area contributed by atoms with E-state index in [0.717, 1.165) is 48.4 Å². The van der Waals surface area contributed by atoms with Gasteiger partial charge in [0.05, 0.1) is 44.8 Å². The lowest BCUT2D eigenvalue weighted by Crippen LogP contribution is -2.40. The van der Waals surface area contributed by atoms with Gasteiger partial charge in [-0.3, -0.25) is 4.90 Å². The van der Waals surface area contributed by atoms with Crippen molar-refractivity contribution in [3.63, 3.8) is 0 Å². The van der Waals surface area contributed by atoms with Crippen LogP contribution in [0.5, 0.6) is 5.75 Å². The minimum atomic E-state index is 0.0832. The third kappa shape index (κ3) is 3.36. The summed E-state index contributed by atoms with van der Waals surface area (Å²) in [5, 5.41) is 0. The molecule has 3 heterocycles. The fourth-order valence-corrected chi connectivity index (χ4v) is 3.25. The fourth-order valence-electron chi connectivity index (χ4n) is 3.25. The van der Waals surface area contributed by atoms with Crippen LogP contribution in [0.4, 0.5) is 0 Å². The van der Waals surface area contributed by atoms with Crippen LogP contribution in [0.2, 0.25) is 0 Å². The molecule has 1 unspecified atom stereocenters. The first-order valence-corrected chi connectivity index (χ1v) is 8.72. The zero-order valence-corrected chi connectivity index (χ0v) is 15.1. The Morgan fingerprint density at radius 2 is 2.27 bits per heavy atom. The number of hydrogen-bond acceptors (Lipinski definition) is 5. The molecule has 3 aromatic rings. The van der Waals surface area contributed by atoms with Crippen LogP contribution in [0.25, 0.3) is 11.3 Å². The SMILES string of the molecule is COc1cccc(-c2cnc(C3COCCN3Cc3nccn3C)[nH]2)c1. The molecule has 2 aromatic heterocycles. The van der Waals surface area contributed by atoms with Crippen molar-refractivity contribution >= 4 is 0 Å². The maximum absolute atomic E-state index is 5.72. The van der Waals surface area contributed by atoms with Crippen LogP contribution in [0.15, 0.2) is 42.9 Å². The number of morpholine rings is 1. The summed E-state index contributed by atoms with van der Waals surface area (Å²) in [5.41, 5.74) is 2.02. The van der Waals surface area contributed by atoms with Crippen molar-refractivity contribution in [3.05, 3.63) is 54.5 Å². The Kier molecular flexibility index (Phi) is 4.73. The average Bonchev–Trinajstić information content (AvgIpc) is 3.32. The van der Waals surface area contributed by atoms with E-state index in [1.54, 1.807) is 7.11 Å². The normalized spacial score (nSPS) is 18.2. The van der Waals surface area contributed by atoms with Gasteiger partial charge >= 0.3 is 0 Å². The van der Waals surface area contributed by atoms with Crippen molar-refractivity contribution in [3.8, 4) is 17.0 Å². The Balaban J connectivity index is 1.57. The Labute approximate surface area is 152 Å². The van der Waals surface area contributed by atoms with Gasteiger partial charge in [-0.1, -0.05) is 12.1 Å². The molecular formula is C19H23N5O2. The van der Waals surface area contributed by atoms with E-state index in [2.05, 4.69) is 24.4 Å². The van der Waals surface area contributed by atoms with E-state index in [1.807, 2.05) is 49.9 Å². The standard InChI is InChI=1S/C19H23N5O2/c1-23-7-6-20-18(23)12-24-8-9-26-13-17(24)19-21-11-16(22-19)14-4-3-5-15(10-14)25-2/h3-7,10-11,17H,8-9,12-13H2,1-2H3,(H,21,22). The van der Waals surface area contributed by atoms with Crippen molar-refractivity contribution in [2.75, 3.05) is 26.9 Å². The van der Waals surface area contributed by atoms with Gasteiger partial charge < -0.3 is 19.0 Å². The summed E-state index contributed by atoms with van der Waals surface area (Å²) in [6.45, 7) is 2.97. The van der Waals surface area contributed by atoms with Crippen LogP contribution < -0.4 is 4.74 Å². The lowest BCUT2D eigenvalue weighted by Gasteiger charge is -2.34. The zero-order chi connectivity index (χ0) is 17.9. The third-order valence-electron chi connectivity index (χ3n) is 4.80. The number of hydrogen-bond donors (Lipinski definition) is 1. The number of nitrogens with one attached hydrogen (secondary N) is 1. The first-order valence-electron chi connectivity index (χ1n) is 8.72. The number of imidazole rings is 2. The van der Waals surface area contributed by atoms with E-state index < -0.39 is 0 Å². The molecule has 1 fully saturated rings. The number of nitrogens with zero attached hydrogens (tertiary/aromatic N) is 4. The Morgan fingerprint density at radius 1 is 1.35 bits per heavy atom. The van der Waals surface area contributed by atoms with Crippen molar-refractivity contribution in [2.45, 2.75) is 12.6 Å². The van der Waals surface area contributed by atoms with Crippen LogP contribution >= 0.6 is 0 Å². The lowest BCUT2D eigenvalue weighted by atomic mass is 10.1. The summed E-state index contributed by atoms with van der Waals surface area (Å²) < 4.78 is 13.1. The highest BCUT2D eigenvalue weighted by atomic mass is 16.5. The van der Waals surface area contributed by atoms with Gasteiger partial charge in [0.15, 0.2) is 0 Å². The molecule has 0 saturated carbocycles. The Morgan fingerprint density at radius 3 is 3.08 bits per heavy atom. The fraction of sp³-hybridized carbons (Fsp3) is 0.368. The number of rotatable bonds is 5. The topological polar surface area (TPSA) is 68.2 Å². The van der Waals surface area contributed by atoms with Gasteiger partial charge in [0, 0.05) is 31.5 Å². The van der Waals surface area contributed by atoms with E-state index in [-0.39, 0.29) is 6.04 Å². The molecule has 1 saturated heterocycles. The summed E-state index contributed by atoms with van der Waals surface area (Å²) in [6.07, 6.45) is 5.68. The van der Waals surface area contributed by atoms with Crippen LogP contribution in [-0.2, 0) is 18.3 Å². The average molecular weight is 353 g/mol. The highest BCUT2D eigenvalue weighted by molar-refractivity contribution is 5.60. The predicted molar refractivity (Wildman–Crippen MR) is 97.8 cm³/mol. The highest BCUT2D eigenvalue weighted by Crippen LogP contribution is 2.27. The number of benzene rings is 1. The monoisotopic (exact) mass is 353 g/mol. The quantitative estimate of drug-likeness (QED) is 0.763. The van der Waals surface area contributed by atoms with Crippen LogP contribution in [-0.4, -0.2) is 51.3 Å². The second-order valence-corrected chi connectivity index (χ2v) is 6.43. The van der Waals surface area contributed by atoms with Crippen molar-refractivity contribution < 1.29 is 9.47 Å². The minimum absolute atomic E-state index is 0.0832. The third-order valence-corrected chi connectivity index (χ3v) is 4.80. The zero-order valence-electron chi connectivity index (χ0n) is 15.1. The molecule has 4 rings (SSSR count). The first kappa shape index (κ1) is 16.8. The molecular weight excluding hydrogens is 330 g/mol. The Bertz CT molecular complexity index is 872. The first-order chi connectivity index (χ1) is 12.7. The number of aryl methyl sites for hydroxylation is 1. The van der Waals surface area contributed by atoms with E-state index in [9.17, 15) is 0 Å².